The summed E-state index contributed by atoms with van der Waals surface area (Å²) in [5.41, 5.74) is 3.46. The predicted octanol–water partition coefficient (Wildman–Crippen LogP) is 0.832. The van der Waals surface area contributed by atoms with Crippen molar-refractivity contribution in [3.8, 4) is 0 Å². The first-order chi connectivity index (χ1) is 9.62. The summed E-state index contributed by atoms with van der Waals surface area (Å²) in [7, 11) is 1.57. The minimum Gasteiger partial charge on any atom is -0.391 e. The van der Waals surface area contributed by atoms with Crippen molar-refractivity contribution in [2.75, 3.05) is 31.0 Å². The van der Waals surface area contributed by atoms with Gasteiger partial charge in [0.25, 0.3) is 0 Å². The number of rotatable bonds is 9. The van der Waals surface area contributed by atoms with E-state index in [1.54, 1.807) is 7.11 Å². The van der Waals surface area contributed by atoms with Gasteiger partial charge in [-0.25, -0.2) is 15.8 Å². The number of hydrogen-bond acceptors (Lipinski definition) is 7. The second-order valence-corrected chi connectivity index (χ2v) is 4.68. The van der Waals surface area contributed by atoms with Crippen LogP contribution in [0, 0.1) is 6.92 Å². The molecule has 7 nitrogen and oxygen atoms in total. The number of nitrogens with two attached hydrogens (primary N) is 1. The second-order valence-electron chi connectivity index (χ2n) is 4.68. The molecule has 1 aromatic rings. The molecule has 7 heteroatoms. The third-order valence-corrected chi connectivity index (χ3v) is 2.93. The Hall–Kier alpha value is -1.44. The van der Waals surface area contributed by atoms with Gasteiger partial charge in [-0.1, -0.05) is 6.92 Å². The monoisotopic (exact) mass is 283 g/mol. The SMILES string of the molecule is CCCc1nc(NN)c(C)c(NCCC(O)COC)n1. The van der Waals surface area contributed by atoms with E-state index >= 15 is 0 Å². The standard InChI is InChI=1S/C13H25N5O2/c1-4-5-11-16-12(9(2)13(17-11)18-14)15-7-6-10(19)8-20-3/h10,19H,4-8,14H2,1-3H3,(H2,15,16,17,18). The van der Waals surface area contributed by atoms with E-state index < -0.39 is 6.10 Å². The van der Waals surface area contributed by atoms with Gasteiger partial charge in [0, 0.05) is 25.6 Å². The fraction of sp³-hybridized carbons (Fsp3) is 0.692. The third kappa shape index (κ3) is 4.92. The first kappa shape index (κ1) is 16.6. The molecule has 1 rings (SSSR count). The molecule has 0 aromatic carbocycles. The third-order valence-electron chi connectivity index (χ3n) is 2.93. The molecule has 0 saturated heterocycles. The van der Waals surface area contributed by atoms with Crippen LogP contribution in [0.1, 0.15) is 31.2 Å². The number of nitrogens with one attached hydrogen (secondary N) is 2. The van der Waals surface area contributed by atoms with Crippen LogP contribution in [0.3, 0.4) is 0 Å². The highest BCUT2D eigenvalue weighted by Crippen LogP contribution is 2.19. The van der Waals surface area contributed by atoms with Gasteiger partial charge >= 0.3 is 0 Å². The lowest BCUT2D eigenvalue weighted by Crippen LogP contribution is -2.20. The zero-order chi connectivity index (χ0) is 15.0. The van der Waals surface area contributed by atoms with Crippen LogP contribution in [-0.2, 0) is 11.2 Å². The Bertz CT molecular complexity index is 414. The molecule has 1 aromatic heterocycles. The normalized spacial score (nSPS) is 12.2. The first-order valence-electron chi connectivity index (χ1n) is 6.87. The number of aromatic nitrogens is 2. The molecule has 114 valence electrons. The first-order valence-corrected chi connectivity index (χ1v) is 6.87. The van der Waals surface area contributed by atoms with Crippen molar-refractivity contribution in [2.45, 2.75) is 39.2 Å². The summed E-state index contributed by atoms with van der Waals surface area (Å²) in [5.74, 6) is 7.61. The lowest BCUT2D eigenvalue weighted by Gasteiger charge is -2.14. The summed E-state index contributed by atoms with van der Waals surface area (Å²) >= 11 is 0. The van der Waals surface area contributed by atoms with Gasteiger partial charge in [-0.05, 0) is 19.8 Å². The molecule has 0 amide bonds. The number of ether oxygens (including phenoxy) is 1. The molecule has 0 bridgehead atoms. The summed E-state index contributed by atoms with van der Waals surface area (Å²) in [6, 6.07) is 0. The lowest BCUT2D eigenvalue weighted by molar-refractivity contribution is 0.0615. The highest BCUT2D eigenvalue weighted by molar-refractivity contribution is 5.56. The number of nitrogens with zero attached hydrogens (tertiary/aromatic N) is 2. The summed E-state index contributed by atoms with van der Waals surface area (Å²) in [5, 5.41) is 12.8. The number of hydrogen-bond donors (Lipinski definition) is 4. The summed E-state index contributed by atoms with van der Waals surface area (Å²) < 4.78 is 4.89. The van der Waals surface area contributed by atoms with Crippen LogP contribution < -0.4 is 16.6 Å². The van der Waals surface area contributed by atoms with E-state index in [0.29, 0.717) is 25.4 Å². The van der Waals surface area contributed by atoms with Crippen molar-refractivity contribution in [1.82, 2.24) is 9.97 Å². The molecule has 5 N–H and O–H groups in total. The van der Waals surface area contributed by atoms with Gasteiger partial charge in [-0.3, -0.25) is 0 Å². The van der Waals surface area contributed by atoms with E-state index in [1.807, 2.05) is 6.92 Å². The minimum atomic E-state index is -0.475. The molecule has 0 aliphatic heterocycles. The Morgan fingerprint density at radius 2 is 2.05 bits per heavy atom. The average Bonchev–Trinajstić information content (AvgIpc) is 2.42. The van der Waals surface area contributed by atoms with Crippen LogP contribution in [-0.4, -0.2) is 41.4 Å². The van der Waals surface area contributed by atoms with Gasteiger partial charge in [-0.15, -0.1) is 0 Å². The van der Waals surface area contributed by atoms with Gasteiger partial charge < -0.3 is 20.6 Å². The number of aliphatic hydroxyl groups is 1. The van der Waals surface area contributed by atoms with Gasteiger partial charge in [0.15, 0.2) is 0 Å². The maximum atomic E-state index is 9.61. The van der Waals surface area contributed by atoms with Crippen LogP contribution in [0.2, 0.25) is 0 Å². The van der Waals surface area contributed by atoms with E-state index in [4.69, 9.17) is 10.6 Å². The fourth-order valence-corrected chi connectivity index (χ4v) is 1.84. The summed E-state index contributed by atoms with van der Waals surface area (Å²) in [4.78, 5) is 8.84. The number of nitrogen functional groups attached to an aromatic ring is 1. The Morgan fingerprint density at radius 3 is 2.65 bits per heavy atom. The summed E-state index contributed by atoms with van der Waals surface area (Å²) in [6.07, 6.45) is 1.89. The molecule has 1 heterocycles. The predicted molar refractivity (Wildman–Crippen MR) is 79.6 cm³/mol. The number of hydrazine groups is 1. The minimum absolute atomic E-state index is 0.334. The van der Waals surface area contributed by atoms with E-state index in [1.165, 1.54) is 0 Å². The highest BCUT2D eigenvalue weighted by Gasteiger charge is 2.10. The Morgan fingerprint density at radius 1 is 1.35 bits per heavy atom. The van der Waals surface area contributed by atoms with Crippen LogP contribution >= 0.6 is 0 Å². The van der Waals surface area contributed by atoms with Crippen LogP contribution in [0.4, 0.5) is 11.6 Å². The number of methoxy groups -OCH3 is 1. The van der Waals surface area contributed by atoms with Crippen molar-refractivity contribution < 1.29 is 9.84 Å². The highest BCUT2D eigenvalue weighted by atomic mass is 16.5. The molecule has 0 spiro atoms. The smallest absolute Gasteiger partial charge is 0.148 e. The van der Waals surface area contributed by atoms with Gasteiger partial charge in [0.2, 0.25) is 0 Å². The van der Waals surface area contributed by atoms with Crippen molar-refractivity contribution >= 4 is 11.6 Å². The van der Waals surface area contributed by atoms with Crippen LogP contribution in [0.5, 0.6) is 0 Å². The number of aryl methyl sites for hydroxylation is 1. The van der Waals surface area contributed by atoms with E-state index in [9.17, 15) is 5.11 Å². The second kappa shape index (κ2) is 8.68. The van der Waals surface area contributed by atoms with Crippen LogP contribution in [0.15, 0.2) is 0 Å². The molecule has 0 aliphatic carbocycles. The van der Waals surface area contributed by atoms with Crippen molar-refractivity contribution in [3.63, 3.8) is 0 Å². The lowest BCUT2D eigenvalue weighted by atomic mass is 10.2. The largest absolute Gasteiger partial charge is 0.391 e. The molecular formula is C13H25N5O2. The molecule has 1 atom stereocenters. The zero-order valence-corrected chi connectivity index (χ0v) is 12.4. The van der Waals surface area contributed by atoms with E-state index in [2.05, 4.69) is 27.6 Å². The maximum absolute atomic E-state index is 9.61. The number of anilines is 2. The van der Waals surface area contributed by atoms with Crippen molar-refractivity contribution in [3.05, 3.63) is 11.4 Å². The quantitative estimate of drug-likeness (QED) is 0.393. The molecule has 1 unspecified atom stereocenters. The summed E-state index contributed by atoms with van der Waals surface area (Å²) in [6.45, 7) is 4.92. The van der Waals surface area contributed by atoms with Crippen molar-refractivity contribution in [1.29, 1.82) is 0 Å². The average molecular weight is 283 g/mol. The molecule has 0 aliphatic rings. The molecule has 0 radical (unpaired) electrons. The molecule has 0 fully saturated rings. The van der Waals surface area contributed by atoms with Crippen molar-refractivity contribution in [2.24, 2.45) is 5.84 Å². The van der Waals surface area contributed by atoms with Gasteiger partial charge in [-0.2, -0.15) is 0 Å². The zero-order valence-electron chi connectivity index (χ0n) is 12.4. The Kier molecular flexibility index (Phi) is 7.21. The van der Waals surface area contributed by atoms with E-state index in [-0.39, 0.29) is 0 Å². The maximum Gasteiger partial charge on any atom is 0.148 e. The van der Waals surface area contributed by atoms with E-state index in [0.717, 1.165) is 30.0 Å². The fourth-order valence-electron chi connectivity index (χ4n) is 1.84. The van der Waals surface area contributed by atoms with Crippen LogP contribution in [0.25, 0.3) is 0 Å². The van der Waals surface area contributed by atoms with Gasteiger partial charge in [0.1, 0.15) is 17.5 Å². The number of aliphatic hydroxyl groups excluding tert-OH is 1. The molecule has 0 saturated carbocycles. The molecule has 20 heavy (non-hydrogen) atoms. The Labute approximate surface area is 119 Å². The van der Waals surface area contributed by atoms with Gasteiger partial charge in [0.05, 0.1) is 12.7 Å². The molecular weight excluding hydrogens is 258 g/mol. The Balaban J connectivity index is 2.70. The topological polar surface area (TPSA) is 105 Å².